The lowest BCUT2D eigenvalue weighted by atomic mass is 10.2. The van der Waals surface area contributed by atoms with Crippen molar-refractivity contribution in [2.45, 2.75) is 59.1 Å². The van der Waals surface area contributed by atoms with Gasteiger partial charge in [0.05, 0.1) is 0 Å². The van der Waals surface area contributed by atoms with E-state index in [0.717, 1.165) is 13.5 Å². The maximum absolute atomic E-state index is 11.6. The smallest absolute Gasteiger partial charge is 0.411 e. The molecule has 0 aromatic rings. The molecule has 0 aromatic carbocycles. The molecule has 1 rings (SSSR count). The monoisotopic (exact) mass is 277 g/mol. The summed E-state index contributed by atoms with van der Waals surface area (Å²) < 4.78 is 5.13. The predicted molar refractivity (Wildman–Crippen MR) is 73.1 cm³/mol. The van der Waals surface area contributed by atoms with E-state index in [4.69, 9.17) is 14.9 Å². The number of nitrogens with zero attached hydrogens (tertiary/aromatic N) is 1. The topological polar surface area (TPSA) is 87.1 Å². The normalized spacial score (nSPS) is 17.6. The summed E-state index contributed by atoms with van der Waals surface area (Å²) in [5.41, 5.74) is -0.581. The van der Waals surface area contributed by atoms with Crippen LogP contribution in [0.25, 0.3) is 0 Å². The van der Waals surface area contributed by atoms with Crippen molar-refractivity contribution in [3.05, 3.63) is 0 Å². The Hall–Kier alpha value is -1.30. The Balaban J connectivity index is 0. The minimum Gasteiger partial charge on any atom is -0.480 e. The summed E-state index contributed by atoms with van der Waals surface area (Å²) in [6, 6.07) is -0.722. The van der Waals surface area contributed by atoms with Gasteiger partial charge < -0.3 is 14.9 Å². The Morgan fingerprint density at radius 2 is 1.68 bits per heavy atom. The zero-order valence-corrected chi connectivity index (χ0v) is 12.8. The van der Waals surface area contributed by atoms with Gasteiger partial charge in [0.2, 0.25) is 0 Å². The van der Waals surface area contributed by atoms with Crippen LogP contribution >= 0.6 is 0 Å². The first-order chi connectivity index (χ1) is 8.81. The van der Waals surface area contributed by atoms with Crippen LogP contribution in [0.4, 0.5) is 4.79 Å². The number of aliphatic hydroxyl groups is 1. The number of hydrogen-bond acceptors (Lipinski definition) is 4. The fourth-order valence-electron chi connectivity index (χ4n) is 1.56. The highest BCUT2D eigenvalue weighted by Gasteiger charge is 2.36. The van der Waals surface area contributed by atoms with Crippen LogP contribution in [0.1, 0.15) is 47.5 Å². The van der Waals surface area contributed by atoms with E-state index in [-0.39, 0.29) is 0 Å². The molecule has 1 fully saturated rings. The van der Waals surface area contributed by atoms with Crippen molar-refractivity contribution in [2.24, 2.45) is 0 Å². The Labute approximate surface area is 115 Å². The van der Waals surface area contributed by atoms with Crippen LogP contribution in [0.3, 0.4) is 0 Å². The third kappa shape index (κ3) is 7.66. The quantitative estimate of drug-likeness (QED) is 0.766. The van der Waals surface area contributed by atoms with Crippen molar-refractivity contribution in [1.82, 2.24) is 4.90 Å². The van der Waals surface area contributed by atoms with Gasteiger partial charge in [0.15, 0.2) is 0 Å². The van der Waals surface area contributed by atoms with Gasteiger partial charge in [-0.05, 0) is 33.6 Å². The number of ether oxygens (including phenoxy) is 1. The molecule has 1 atom stereocenters. The lowest BCUT2D eigenvalue weighted by molar-refractivity contribution is -0.142. The summed E-state index contributed by atoms with van der Waals surface area (Å²) in [5, 5.41) is 15.9. The van der Waals surface area contributed by atoms with Crippen LogP contribution in [-0.2, 0) is 9.53 Å². The maximum atomic E-state index is 11.6. The molecule has 0 spiro atoms. The summed E-state index contributed by atoms with van der Waals surface area (Å²) >= 11 is 0. The van der Waals surface area contributed by atoms with Gasteiger partial charge >= 0.3 is 12.1 Å². The molecule has 0 aromatic heterocycles. The van der Waals surface area contributed by atoms with Gasteiger partial charge in [0, 0.05) is 13.7 Å². The zero-order chi connectivity index (χ0) is 15.6. The molecule has 6 heteroatoms. The molecule has 1 aliphatic heterocycles. The van der Waals surface area contributed by atoms with E-state index in [9.17, 15) is 9.59 Å². The van der Waals surface area contributed by atoms with E-state index in [0.29, 0.717) is 13.0 Å². The minimum absolute atomic E-state index is 0.464. The summed E-state index contributed by atoms with van der Waals surface area (Å²) in [6.45, 7) is 9.75. The van der Waals surface area contributed by atoms with E-state index in [1.807, 2.05) is 13.8 Å². The van der Waals surface area contributed by atoms with Crippen molar-refractivity contribution in [1.29, 1.82) is 0 Å². The zero-order valence-electron chi connectivity index (χ0n) is 12.8. The first-order valence-corrected chi connectivity index (χ1v) is 6.48. The molecule has 0 saturated carbocycles. The second-order valence-electron chi connectivity index (χ2n) is 4.67. The van der Waals surface area contributed by atoms with Gasteiger partial charge in [-0.25, -0.2) is 9.59 Å². The van der Waals surface area contributed by atoms with Gasteiger partial charge in [-0.15, -0.1) is 0 Å². The lowest BCUT2D eigenvalue weighted by Gasteiger charge is -2.26. The highest BCUT2D eigenvalue weighted by atomic mass is 16.6. The number of likely N-dealkylation sites (tertiary alicyclic amines) is 1. The van der Waals surface area contributed by atoms with Crippen LogP contribution in [0.15, 0.2) is 0 Å². The third-order valence-corrected chi connectivity index (χ3v) is 2.17. The maximum Gasteiger partial charge on any atom is 0.411 e. The number of aliphatic hydroxyl groups excluding tert-OH is 1. The summed E-state index contributed by atoms with van der Waals surface area (Å²) in [7, 11) is 1.00. The predicted octanol–water partition coefficient (Wildman–Crippen LogP) is 2.11. The van der Waals surface area contributed by atoms with Crippen LogP contribution in [-0.4, -0.2) is 52.5 Å². The summed E-state index contributed by atoms with van der Waals surface area (Å²) in [5.74, 6) is -0.960. The van der Waals surface area contributed by atoms with Crippen molar-refractivity contribution in [3.63, 3.8) is 0 Å². The van der Waals surface area contributed by atoms with E-state index < -0.39 is 23.7 Å². The molecule has 1 unspecified atom stereocenters. The molecule has 1 heterocycles. The average Bonchev–Trinajstić information content (AvgIpc) is 2.81. The SMILES string of the molecule is CC.CC(C)(C)OC(=O)N1CCCC1C(=O)O.CO. The molecule has 19 heavy (non-hydrogen) atoms. The first kappa shape index (κ1) is 20.0. The molecule has 1 aliphatic rings. The number of rotatable bonds is 1. The van der Waals surface area contributed by atoms with Gasteiger partial charge in [-0.3, -0.25) is 4.90 Å². The summed E-state index contributed by atoms with van der Waals surface area (Å²) in [6.07, 6.45) is 0.692. The van der Waals surface area contributed by atoms with Gasteiger partial charge in [0.25, 0.3) is 0 Å². The molecule has 6 nitrogen and oxygen atoms in total. The van der Waals surface area contributed by atoms with Crippen molar-refractivity contribution in [3.8, 4) is 0 Å². The number of carbonyl (C=O) groups is 2. The van der Waals surface area contributed by atoms with Crippen LogP contribution in [0.5, 0.6) is 0 Å². The Morgan fingerprint density at radius 3 is 2.05 bits per heavy atom. The third-order valence-electron chi connectivity index (χ3n) is 2.17. The number of amides is 1. The van der Waals surface area contributed by atoms with Gasteiger partial charge in [-0.2, -0.15) is 0 Å². The second kappa shape index (κ2) is 9.61. The number of carboxylic acids is 1. The number of carbonyl (C=O) groups excluding carboxylic acids is 1. The Bertz CT molecular complexity index is 273. The second-order valence-corrected chi connectivity index (χ2v) is 4.67. The van der Waals surface area contributed by atoms with Gasteiger partial charge in [0.1, 0.15) is 11.6 Å². The van der Waals surface area contributed by atoms with Crippen LogP contribution in [0, 0.1) is 0 Å². The molecular formula is C13H27NO5. The van der Waals surface area contributed by atoms with Crippen LogP contribution < -0.4 is 0 Å². The molecule has 0 aliphatic carbocycles. The first-order valence-electron chi connectivity index (χ1n) is 6.48. The fourth-order valence-corrected chi connectivity index (χ4v) is 1.56. The van der Waals surface area contributed by atoms with Crippen LogP contribution in [0.2, 0.25) is 0 Å². The van der Waals surface area contributed by atoms with Crippen molar-refractivity contribution < 1.29 is 24.5 Å². The highest BCUT2D eigenvalue weighted by molar-refractivity contribution is 5.80. The fraction of sp³-hybridized carbons (Fsp3) is 0.846. The van der Waals surface area contributed by atoms with Gasteiger partial charge in [-0.1, -0.05) is 13.8 Å². The largest absolute Gasteiger partial charge is 0.480 e. The average molecular weight is 277 g/mol. The Morgan fingerprint density at radius 1 is 1.21 bits per heavy atom. The van der Waals surface area contributed by atoms with E-state index in [1.165, 1.54) is 4.90 Å². The van der Waals surface area contributed by atoms with E-state index in [2.05, 4.69) is 0 Å². The van der Waals surface area contributed by atoms with Crippen molar-refractivity contribution >= 4 is 12.1 Å². The molecule has 114 valence electrons. The molecule has 1 saturated heterocycles. The molecule has 2 N–H and O–H groups in total. The number of aliphatic carboxylic acids is 1. The number of carboxylic acid groups (broad SMARTS) is 1. The van der Waals surface area contributed by atoms with Crippen molar-refractivity contribution in [2.75, 3.05) is 13.7 Å². The minimum atomic E-state index is -0.960. The lowest BCUT2D eigenvalue weighted by Crippen LogP contribution is -2.43. The highest BCUT2D eigenvalue weighted by Crippen LogP contribution is 2.20. The van der Waals surface area contributed by atoms with E-state index >= 15 is 0 Å². The molecule has 0 radical (unpaired) electrons. The number of hydrogen-bond donors (Lipinski definition) is 2. The summed E-state index contributed by atoms with van der Waals surface area (Å²) in [4.78, 5) is 23.7. The molecule has 1 amide bonds. The Kier molecular flexibility index (Phi) is 10.1. The molecular weight excluding hydrogens is 250 g/mol. The standard InChI is InChI=1S/C10H17NO4.C2H6.CH4O/c1-10(2,3)15-9(14)11-6-4-5-7(11)8(12)13;2*1-2/h7H,4-6H2,1-3H3,(H,12,13);1-2H3;2H,1H3. The van der Waals surface area contributed by atoms with E-state index in [1.54, 1.807) is 20.8 Å². The molecule has 0 bridgehead atoms.